The molecule has 160 valence electrons. The Kier molecular flexibility index (Phi) is 7.38. The minimum absolute atomic E-state index is 0.0480. The fraction of sp³-hybridized carbons (Fsp3) is 0.353. The van der Waals surface area contributed by atoms with Gasteiger partial charge in [-0.15, -0.1) is 0 Å². The van der Waals surface area contributed by atoms with Gasteiger partial charge in [-0.1, -0.05) is 0 Å². The van der Waals surface area contributed by atoms with Crippen molar-refractivity contribution in [3.63, 3.8) is 0 Å². The molecule has 0 aliphatic carbocycles. The third kappa shape index (κ3) is 5.73. The summed E-state index contributed by atoms with van der Waals surface area (Å²) in [5, 5.41) is 26.3. The summed E-state index contributed by atoms with van der Waals surface area (Å²) >= 11 is 0. The van der Waals surface area contributed by atoms with Crippen LogP contribution in [0.25, 0.3) is 0 Å². The average Bonchev–Trinajstić information content (AvgIpc) is 3.04. The number of benzene rings is 1. The minimum Gasteiger partial charge on any atom is -0.469 e. The number of methoxy groups -OCH3 is 1. The Morgan fingerprint density at radius 2 is 1.87 bits per heavy atom. The molecule has 0 amide bonds. The van der Waals surface area contributed by atoms with Crippen molar-refractivity contribution in [1.29, 1.82) is 0 Å². The summed E-state index contributed by atoms with van der Waals surface area (Å²) < 4.78 is 4.59. The van der Waals surface area contributed by atoms with Gasteiger partial charge in [0.25, 0.3) is 5.69 Å². The summed E-state index contributed by atoms with van der Waals surface area (Å²) in [5.74, 6) is -0.348. The third-order valence-corrected chi connectivity index (χ3v) is 4.18. The molecule has 0 radical (unpaired) electrons. The van der Waals surface area contributed by atoms with Gasteiger partial charge in [0, 0.05) is 18.2 Å². The van der Waals surface area contributed by atoms with E-state index in [4.69, 9.17) is 0 Å². The lowest BCUT2D eigenvalue weighted by Gasteiger charge is -2.08. The number of nitrogens with zero attached hydrogens (tertiary/aromatic N) is 3. The Labute approximate surface area is 169 Å². The number of ether oxygens (including phenoxy) is 1. The Balaban J connectivity index is 2.29. The number of H-pyrrole nitrogens is 2. The molecule has 0 fully saturated rings. The summed E-state index contributed by atoms with van der Waals surface area (Å²) in [7, 11) is 1.30. The zero-order chi connectivity index (χ0) is 22.3. The summed E-state index contributed by atoms with van der Waals surface area (Å²) in [5.41, 5.74) is 2.45. The van der Waals surface area contributed by atoms with Crippen molar-refractivity contribution in [2.45, 2.75) is 32.6 Å². The number of anilines is 1. The van der Waals surface area contributed by atoms with Crippen LogP contribution in [0.4, 0.5) is 17.1 Å². The van der Waals surface area contributed by atoms with Gasteiger partial charge in [0.15, 0.2) is 0 Å². The highest BCUT2D eigenvalue weighted by molar-refractivity contribution is 6.00. The van der Waals surface area contributed by atoms with E-state index >= 15 is 0 Å². The van der Waals surface area contributed by atoms with Crippen LogP contribution in [0.3, 0.4) is 0 Å². The van der Waals surface area contributed by atoms with Gasteiger partial charge in [-0.2, -0.15) is 5.10 Å². The molecule has 0 saturated heterocycles. The van der Waals surface area contributed by atoms with E-state index < -0.39 is 26.9 Å². The van der Waals surface area contributed by atoms with Crippen LogP contribution < -0.4 is 11.1 Å². The monoisotopic (exact) mass is 420 g/mol. The Morgan fingerprint density at radius 3 is 2.43 bits per heavy atom. The molecule has 13 nitrogen and oxygen atoms in total. The molecule has 0 atom stereocenters. The lowest BCUT2D eigenvalue weighted by molar-refractivity contribution is -0.393. The fourth-order valence-electron chi connectivity index (χ4n) is 2.67. The van der Waals surface area contributed by atoms with Gasteiger partial charge < -0.3 is 14.7 Å². The summed E-state index contributed by atoms with van der Waals surface area (Å²) in [4.78, 5) is 48.7. The standard InChI is InChI=1S/C17H20N6O7/c1-10-16(19-17(25)18-10)13(5-3-4-6-15(24)30-2)21-20-12-8-7-11(22(26)27)9-14(12)23(28)29/h7-9,20H,3-6H2,1-2H3,(H2,18,19,25). The van der Waals surface area contributed by atoms with Gasteiger partial charge in [0.1, 0.15) is 5.69 Å². The maximum Gasteiger partial charge on any atom is 0.323 e. The number of aromatic nitrogens is 2. The molecule has 1 heterocycles. The number of hydrogen-bond acceptors (Lipinski definition) is 9. The van der Waals surface area contributed by atoms with Crippen molar-refractivity contribution < 1.29 is 19.4 Å². The average molecular weight is 420 g/mol. The third-order valence-electron chi connectivity index (χ3n) is 4.18. The number of non-ortho nitro benzene ring substituents is 1. The zero-order valence-corrected chi connectivity index (χ0v) is 16.3. The molecule has 0 saturated carbocycles. The topological polar surface area (TPSA) is 186 Å². The highest BCUT2D eigenvalue weighted by Crippen LogP contribution is 2.29. The van der Waals surface area contributed by atoms with E-state index in [1.807, 2.05) is 0 Å². The molecule has 0 bridgehead atoms. The van der Waals surface area contributed by atoms with Crippen molar-refractivity contribution in [3.05, 3.63) is 60.3 Å². The number of aromatic amines is 2. The van der Waals surface area contributed by atoms with Crippen LogP contribution in [-0.2, 0) is 9.53 Å². The Bertz CT molecular complexity index is 1040. The van der Waals surface area contributed by atoms with Crippen molar-refractivity contribution in [2.75, 3.05) is 12.5 Å². The number of aryl methyl sites for hydroxylation is 1. The number of esters is 1. The number of carbonyl (C=O) groups excluding carboxylic acids is 1. The second-order valence-electron chi connectivity index (χ2n) is 6.25. The van der Waals surface area contributed by atoms with Crippen LogP contribution in [0.15, 0.2) is 28.1 Å². The fourth-order valence-corrected chi connectivity index (χ4v) is 2.67. The lowest BCUT2D eigenvalue weighted by Crippen LogP contribution is -2.10. The molecule has 0 aliphatic rings. The van der Waals surface area contributed by atoms with Crippen LogP contribution in [0, 0.1) is 27.2 Å². The van der Waals surface area contributed by atoms with Gasteiger partial charge in [0.2, 0.25) is 0 Å². The first-order valence-electron chi connectivity index (χ1n) is 8.84. The van der Waals surface area contributed by atoms with E-state index in [1.165, 1.54) is 13.2 Å². The smallest absolute Gasteiger partial charge is 0.323 e. The number of imidazole rings is 1. The molecule has 13 heteroatoms. The largest absolute Gasteiger partial charge is 0.469 e. The molecule has 2 aromatic rings. The van der Waals surface area contributed by atoms with Crippen molar-refractivity contribution in [1.82, 2.24) is 9.97 Å². The molecular formula is C17H20N6O7. The van der Waals surface area contributed by atoms with E-state index in [9.17, 15) is 29.8 Å². The molecule has 3 N–H and O–H groups in total. The number of hydrogen-bond donors (Lipinski definition) is 3. The Morgan fingerprint density at radius 1 is 1.17 bits per heavy atom. The predicted molar refractivity (Wildman–Crippen MR) is 107 cm³/mol. The van der Waals surface area contributed by atoms with Crippen molar-refractivity contribution in [2.24, 2.45) is 5.10 Å². The highest BCUT2D eigenvalue weighted by Gasteiger charge is 2.20. The first-order valence-corrected chi connectivity index (χ1v) is 8.84. The summed E-state index contributed by atoms with van der Waals surface area (Å²) in [6, 6.07) is 3.13. The number of hydrazone groups is 1. The van der Waals surface area contributed by atoms with E-state index in [1.54, 1.807) is 6.92 Å². The van der Waals surface area contributed by atoms with Crippen LogP contribution in [0.1, 0.15) is 37.1 Å². The van der Waals surface area contributed by atoms with E-state index in [0.29, 0.717) is 36.4 Å². The van der Waals surface area contributed by atoms with Gasteiger partial charge in [0.05, 0.1) is 34.4 Å². The van der Waals surface area contributed by atoms with Crippen molar-refractivity contribution >= 4 is 28.7 Å². The van der Waals surface area contributed by atoms with Crippen LogP contribution >= 0.6 is 0 Å². The molecule has 0 spiro atoms. The van der Waals surface area contributed by atoms with Crippen LogP contribution in [0.5, 0.6) is 0 Å². The van der Waals surface area contributed by atoms with Gasteiger partial charge in [-0.05, 0) is 32.3 Å². The summed E-state index contributed by atoms with van der Waals surface area (Å²) in [6.07, 6.45) is 1.61. The number of carbonyl (C=O) groups is 1. The van der Waals surface area contributed by atoms with E-state index in [2.05, 4.69) is 25.2 Å². The normalized spacial score (nSPS) is 11.2. The second kappa shape index (κ2) is 9.95. The van der Waals surface area contributed by atoms with Gasteiger partial charge >= 0.3 is 17.3 Å². The van der Waals surface area contributed by atoms with E-state index in [-0.39, 0.29) is 18.1 Å². The quantitative estimate of drug-likeness (QED) is 0.172. The molecule has 2 rings (SSSR count). The SMILES string of the molecule is COC(=O)CCCCC(=NNc1ccc([N+](=O)[O-])cc1[N+](=O)[O-])c1[nH]c(=O)[nH]c1C. The second-order valence-corrected chi connectivity index (χ2v) is 6.25. The zero-order valence-electron chi connectivity index (χ0n) is 16.3. The highest BCUT2D eigenvalue weighted by atomic mass is 16.6. The molecule has 0 aliphatic heterocycles. The predicted octanol–water partition coefficient (Wildman–Crippen LogP) is 2.38. The number of nitrogens with one attached hydrogen (secondary N) is 3. The maximum atomic E-state index is 11.6. The minimum atomic E-state index is -0.760. The first kappa shape index (κ1) is 22.3. The number of unbranched alkanes of at least 4 members (excludes halogenated alkanes) is 1. The molecular weight excluding hydrogens is 400 g/mol. The van der Waals surface area contributed by atoms with Crippen molar-refractivity contribution in [3.8, 4) is 0 Å². The summed E-state index contributed by atoms with van der Waals surface area (Å²) in [6.45, 7) is 1.66. The first-order chi connectivity index (χ1) is 14.2. The molecule has 0 unspecified atom stereocenters. The lowest BCUT2D eigenvalue weighted by atomic mass is 10.1. The number of nitro groups is 2. The molecule has 1 aromatic carbocycles. The number of rotatable bonds is 10. The van der Waals surface area contributed by atoms with Gasteiger partial charge in [-0.25, -0.2) is 4.79 Å². The molecule has 1 aromatic heterocycles. The van der Waals surface area contributed by atoms with Crippen LogP contribution in [0.2, 0.25) is 0 Å². The van der Waals surface area contributed by atoms with E-state index in [0.717, 1.165) is 12.1 Å². The number of nitro benzene ring substituents is 2. The van der Waals surface area contributed by atoms with Gasteiger partial charge in [-0.3, -0.25) is 30.4 Å². The Hall–Kier alpha value is -4.03. The maximum absolute atomic E-state index is 11.6. The van der Waals surface area contributed by atoms with Crippen LogP contribution in [-0.4, -0.2) is 38.6 Å². The molecule has 30 heavy (non-hydrogen) atoms.